The lowest BCUT2D eigenvalue weighted by Crippen LogP contribution is -1.98. The number of para-hydroxylation sites is 1. The SMILES string of the molecule is COc1cccc(-c2cc(C#N)n(-c3ccccc3)n2)c1. The highest BCUT2D eigenvalue weighted by Crippen LogP contribution is 2.24. The lowest BCUT2D eigenvalue weighted by molar-refractivity contribution is 0.415. The fraction of sp³-hybridized carbons (Fsp3) is 0.0588. The third-order valence-electron chi connectivity index (χ3n) is 3.19. The topological polar surface area (TPSA) is 50.8 Å². The van der Waals surface area contributed by atoms with Gasteiger partial charge < -0.3 is 4.74 Å². The second-order valence-electron chi connectivity index (χ2n) is 4.51. The van der Waals surface area contributed by atoms with E-state index in [9.17, 15) is 5.26 Å². The highest BCUT2D eigenvalue weighted by molar-refractivity contribution is 5.63. The Balaban J connectivity index is 2.10. The Morgan fingerprint density at radius 1 is 1.05 bits per heavy atom. The third kappa shape index (κ3) is 2.49. The summed E-state index contributed by atoms with van der Waals surface area (Å²) in [6, 6.07) is 21.2. The number of nitriles is 1. The zero-order valence-electron chi connectivity index (χ0n) is 11.5. The van der Waals surface area contributed by atoms with Gasteiger partial charge in [-0.3, -0.25) is 0 Å². The summed E-state index contributed by atoms with van der Waals surface area (Å²) in [5, 5.41) is 13.8. The molecule has 102 valence electrons. The van der Waals surface area contributed by atoms with Crippen LogP contribution < -0.4 is 4.74 Å². The number of nitrogens with zero attached hydrogens (tertiary/aromatic N) is 3. The van der Waals surface area contributed by atoms with Gasteiger partial charge in [0.25, 0.3) is 0 Å². The zero-order valence-corrected chi connectivity index (χ0v) is 11.5. The molecule has 1 aromatic heterocycles. The Morgan fingerprint density at radius 3 is 2.57 bits per heavy atom. The lowest BCUT2D eigenvalue weighted by atomic mass is 10.1. The van der Waals surface area contributed by atoms with Crippen molar-refractivity contribution < 1.29 is 4.74 Å². The molecule has 0 atom stereocenters. The van der Waals surface area contributed by atoms with Gasteiger partial charge in [-0.2, -0.15) is 10.4 Å². The van der Waals surface area contributed by atoms with Crippen LogP contribution in [0.15, 0.2) is 60.7 Å². The summed E-state index contributed by atoms with van der Waals surface area (Å²) in [4.78, 5) is 0. The zero-order chi connectivity index (χ0) is 14.7. The predicted molar refractivity (Wildman–Crippen MR) is 80.3 cm³/mol. The minimum Gasteiger partial charge on any atom is -0.497 e. The molecule has 4 heteroatoms. The molecule has 1 heterocycles. The van der Waals surface area contributed by atoms with E-state index in [1.54, 1.807) is 17.9 Å². The smallest absolute Gasteiger partial charge is 0.144 e. The lowest BCUT2D eigenvalue weighted by Gasteiger charge is -2.03. The second-order valence-corrected chi connectivity index (χ2v) is 4.51. The van der Waals surface area contributed by atoms with Crippen LogP contribution in [0.25, 0.3) is 16.9 Å². The minimum atomic E-state index is 0.499. The van der Waals surface area contributed by atoms with Gasteiger partial charge in [0.1, 0.15) is 17.5 Å². The Hall–Kier alpha value is -3.06. The third-order valence-corrected chi connectivity index (χ3v) is 3.19. The Bertz CT molecular complexity index is 800. The molecule has 0 N–H and O–H groups in total. The Morgan fingerprint density at radius 2 is 1.86 bits per heavy atom. The molecule has 0 spiro atoms. The first-order valence-corrected chi connectivity index (χ1v) is 6.52. The summed E-state index contributed by atoms with van der Waals surface area (Å²) in [5.41, 5.74) is 3.03. The molecule has 0 aliphatic rings. The summed E-state index contributed by atoms with van der Waals surface area (Å²) in [6.07, 6.45) is 0. The molecule has 0 aliphatic heterocycles. The molecule has 0 saturated heterocycles. The number of methoxy groups -OCH3 is 1. The van der Waals surface area contributed by atoms with E-state index in [2.05, 4.69) is 11.2 Å². The van der Waals surface area contributed by atoms with Crippen molar-refractivity contribution in [2.75, 3.05) is 7.11 Å². The van der Waals surface area contributed by atoms with Crippen LogP contribution in [0.3, 0.4) is 0 Å². The second kappa shape index (κ2) is 5.51. The van der Waals surface area contributed by atoms with E-state index in [4.69, 9.17) is 4.74 Å². The van der Waals surface area contributed by atoms with Crippen LogP contribution in [0.1, 0.15) is 5.69 Å². The van der Waals surface area contributed by atoms with Crippen LogP contribution >= 0.6 is 0 Å². The molecular formula is C17H13N3O. The van der Waals surface area contributed by atoms with Gasteiger partial charge in [-0.05, 0) is 24.3 Å². The predicted octanol–water partition coefficient (Wildman–Crippen LogP) is 3.42. The van der Waals surface area contributed by atoms with Crippen LogP contribution in [-0.2, 0) is 0 Å². The maximum Gasteiger partial charge on any atom is 0.144 e. The number of rotatable bonds is 3. The van der Waals surface area contributed by atoms with E-state index in [0.717, 1.165) is 22.7 Å². The molecule has 0 unspecified atom stereocenters. The van der Waals surface area contributed by atoms with E-state index < -0.39 is 0 Å². The minimum absolute atomic E-state index is 0.499. The average molecular weight is 275 g/mol. The van der Waals surface area contributed by atoms with E-state index >= 15 is 0 Å². The molecule has 3 aromatic rings. The van der Waals surface area contributed by atoms with E-state index in [1.807, 2.05) is 54.6 Å². The molecule has 3 rings (SSSR count). The van der Waals surface area contributed by atoms with Crippen molar-refractivity contribution in [1.82, 2.24) is 9.78 Å². The molecular weight excluding hydrogens is 262 g/mol. The Kier molecular flexibility index (Phi) is 3.40. The summed E-state index contributed by atoms with van der Waals surface area (Å²) >= 11 is 0. The van der Waals surface area contributed by atoms with Crippen molar-refractivity contribution >= 4 is 0 Å². The van der Waals surface area contributed by atoms with E-state index in [0.29, 0.717) is 5.69 Å². The van der Waals surface area contributed by atoms with Gasteiger partial charge in [0, 0.05) is 11.6 Å². The van der Waals surface area contributed by atoms with Crippen molar-refractivity contribution in [3.63, 3.8) is 0 Å². The molecule has 0 radical (unpaired) electrons. The highest BCUT2D eigenvalue weighted by atomic mass is 16.5. The van der Waals surface area contributed by atoms with E-state index in [-0.39, 0.29) is 0 Å². The van der Waals surface area contributed by atoms with Crippen LogP contribution in [-0.4, -0.2) is 16.9 Å². The molecule has 21 heavy (non-hydrogen) atoms. The fourth-order valence-corrected chi connectivity index (χ4v) is 2.15. The van der Waals surface area contributed by atoms with Gasteiger partial charge >= 0.3 is 0 Å². The first-order valence-electron chi connectivity index (χ1n) is 6.52. The number of ether oxygens (including phenoxy) is 1. The quantitative estimate of drug-likeness (QED) is 0.736. The molecule has 0 saturated carbocycles. The van der Waals surface area contributed by atoms with Gasteiger partial charge in [0.2, 0.25) is 0 Å². The summed E-state index contributed by atoms with van der Waals surface area (Å²) < 4.78 is 6.87. The van der Waals surface area contributed by atoms with Crippen molar-refractivity contribution in [3.05, 3.63) is 66.4 Å². The van der Waals surface area contributed by atoms with Crippen LogP contribution in [0.5, 0.6) is 5.75 Å². The van der Waals surface area contributed by atoms with E-state index in [1.165, 1.54) is 0 Å². The number of hydrogen-bond acceptors (Lipinski definition) is 3. The Labute approximate surface area is 122 Å². The maximum absolute atomic E-state index is 9.31. The summed E-state index contributed by atoms with van der Waals surface area (Å²) in [5.74, 6) is 0.764. The van der Waals surface area contributed by atoms with Crippen LogP contribution in [0.4, 0.5) is 0 Å². The van der Waals surface area contributed by atoms with Crippen molar-refractivity contribution in [3.8, 4) is 28.8 Å². The average Bonchev–Trinajstić information content (AvgIpc) is 3.00. The standard InChI is InChI=1S/C17H13N3O/c1-21-16-9-5-6-13(10-16)17-11-15(12-18)20(19-17)14-7-3-2-4-8-14/h2-11H,1H3. The first kappa shape index (κ1) is 12.9. The number of aromatic nitrogens is 2. The van der Waals surface area contributed by atoms with Crippen molar-refractivity contribution in [2.24, 2.45) is 0 Å². The number of hydrogen-bond donors (Lipinski definition) is 0. The van der Waals surface area contributed by atoms with Gasteiger partial charge in [-0.15, -0.1) is 0 Å². The molecule has 0 aliphatic carbocycles. The summed E-state index contributed by atoms with van der Waals surface area (Å²) in [6.45, 7) is 0. The molecule has 0 fully saturated rings. The monoisotopic (exact) mass is 275 g/mol. The molecule has 0 bridgehead atoms. The van der Waals surface area contributed by atoms with Crippen molar-refractivity contribution in [2.45, 2.75) is 0 Å². The largest absolute Gasteiger partial charge is 0.497 e. The molecule has 2 aromatic carbocycles. The first-order chi connectivity index (χ1) is 10.3. The fourth-order valence-electron chi connectivity index (χ4n) is 2.15. The van der Waals surface area contributed by atoms with Crippen LogP contribution in [0, 0.1) is 11.3 Å². The normalized spacial score (nSPS) is 10.1. The van der Waals surface area contributed by atoms with Gasteiger partial charge in [-0.1, -0.05) is 30.3 Å². The van der Waals surface area contributed by atoms with Gasteiger partial charge in [0.15, 0.2) is 0 Å². The van der Waals surface area contributed by atoms with Crippen LogP contribution in [0.2, 0.25) is 0 Å². The van der Waals surface area contributed by atoms with Gasteiger partial charge in [-0.25, -0.2) is 4.68 Å². The highest BCUT2D eigenvalue weighted by Gasteiger charge is 2.11. The molecule has 0 amide bonds. The maximum atomic E-state index is 9.31. The number of benzene rings is 2. The summed E-state index contributed by atoms with van der Waals surface area (Å²) in [7, 11) is 1.63. The van der Waals surface area contributed by atoms with Crippen molar-refractivity contribution in [1.29, 1.82) is 5.26 Å². The van der Waals surface area contributed by atoms with Gasteiger partial charge in [0.05, 0.1) is 18.5 Å². The molecule has 4 nitrogen and oxygen atoms in total.